The summed E-state index contributed by atoms with van der Waals surface area (Å²) in [5.41, 5.74) is 2.13. The van der Waals surface area contributed by atoms with E-state index < -0.39 is 6.04 Å². The Bertz CT molecular complexity index is 731. The number of aromatic amines is 1. The zero-order valence-corrected chi connectivity index (χ0v) is 14.9. The third-order valence-electron chi connectivity index (χ3n) is 4.91. The number of aromatic nitrogens is 1. The van der Waals surface area contributed by atoms with Gasteiger partial charge in [0.25, 0.3) is 0 Å². The maximum atomic E-state index is 12.9. The lowest BCUT2D eigenvalue weighted by Gasteiger charge is -2.24. The summed E-state index contributed by atoms with van der Waals surface area (Å²) in [7, 11) is 0. The molecule has 0 radical (unpaired) electrons. The number of likely N-dealkylation sites (tertiary alicyclic amines) is 1. The Kier molecular flexibility index (Phi) is 5.74. The Morgan fingerprint density at radius 2 is 2.00 bits per heavy atom. The normalized spacial score (nSPS) is 15.5. The Hall–Kier alpha value is -2.30. The summed E-state index contributed by atoms with van der Waals surface area (Å²) in [6.07, 6.45) is 6.88. The van der Waals surface area contributed by atoms with Gasteiger partial charge < -0.3 is 15.2 Å². The third kappa shape index (κ3) is 4.21. The molecule has 5 heteroatoms. The van der Waals surface area contributed by atoms with E-state index in [9.17, 15) is 9.59 Å². The van der Waals surface area contributed by atoms with Crippen LogP contribution in [-0.4, -0.2) is 40.8 Å². The molecule has 1 atom stereocenters. The molecule has 1 aliphatic rings. The van der Waals surface area contributed by atoms with Crippen molar-refractivity contribution in [1.82, 2.24) is 15.2 Å². The number of rotatable bonds is 7. The van der Waals surface area contributed by atoms with Gasteiger partial charge in [-0.25, -0.2) is 0 Å². The van der Waals surface area contributed by atoms with Crippen LogP contribution < -0.4 is 5.32 Å². The summed E-state index contributed by atoms with van der Waals surface area (Å²) in [4.78, 5) is 30.3. The molecule has 2 amide bonds. The zero-order valence-electron chi connectivity index (χ0n) is 14.9. The van der Waals surface area contributed by atoms with Crippen LogP contribution >= 0.6 is 0 Å². The van der Waals surface area contributed by atoms with Crippen LogP contribution in [0.4, 0.5) is 0 Å². The van der Waals surface area contributed by atoms with Gasteiger partial charge in [0, 0.05) is 43.0 Å². The fourth-order valence-electron chi connectivity index (χ4n) is 3.48. The van der Waals surface area contributed by atoms with Gasteiger partial charge in [0.15, 0.2) is 0 Å². The SMILES string of the molecule is CCCCC(=O)N[C@@H](Cc1c[nH]c2ccccc12)C(=O)N1CCCC1. The smallest absolute Gasteiger partial charge is 0.245 e. The van der Waals surface area contributed by atoms with Crippen molar-refractivity contribution in [3.63, 3.8) is 0 Å². The van der Waals surface area contributed by atoms with E-state index in [4.69, 9.17) is 0 Å². The van der Waals surface area contributed by atoms with E-state index in [0.717, 1.165) is 55.2 Å². The monoisotopic (exact) mass is 341 g/mol. The van der Waals surface area contributed by atoms with E-state index >= 15 is 0 Å². The van der Waals surface area contributed by atoms with Crippen molar-refractivity contribution >= 4 is 22.7 Å². The van der Waals surface area contributed by atoms with Crippen molar-refractivity contribution in [3.05, 3.63) is 36.0 Å². The van der Waals surface area contributed by atoms with E-state index in [-0.39, 0.29) is 11.8 Å². The van der Waals surface area contributed by atoms with Crippen LogP contribution in [0, 0.1) is 0 Å². The van der Waals surface area contributed by atoms with Gasteiger partial charge in [-0.2, -0.15) is 0 Å². The number of amides is 2. The van der Waals surface area contributed by atoms with E-state index in [1.165, 1.54) is 0 Å². The number of nitrogens with zero attached hydrogens (tertiary/aromatic N) is 1. The highest BCUT2D eigenvalue weighted by molar-refractivity contribution is 5.89. The molecule has 3 rings (SSSR count). The molecule has 1 saturated heterocycles. The lowest BCUT2D eigenvalue weighted by Crippen LogP contribution is -2.48. The van der Waals surface area contributed by atoms with Crippen molar-refractivity contribution < 1.29 is 9.59 Å². The first-order chi connectivity index (χ1) is 12.2. The van der Waals surface area contributed by atoms with Gasteiger partial charge in [0.2, 0.25) is 11.8 Å². The van der Waals surface area contributed by atoms with Crippen molar-refractivity contribution in [1.29, 1.82) is 0 Å². The topological polar surface area (TPSA) is 65.2 Å². The zero-order chi connectivity index (χ0) is 17.6. The number of nitrogens with one attached hydrogen (secondary N) is 2. The fraction of sp³-hybridized carbons (Fsp3) is 0.500. The fourth-order valence-corrected chi connectivity index (χ4v) is 3.48. The highest BCUT2D eigenvalue weighted by Gasteiger charge is 2.28. The number of unbranched alkanes of at least 4 members (excludes halogenated alkanes) is 1. The van der Waals surface area contributed by atoms with Crippen LogP contribution in [0.5, 0.6) is 0 Å². The van der Waals surface area contributed by atoms with Gasteiger partial charge in [0.1, 0.15) is 6.04 Å². The Morgan fingerprint density at radius 3 is 2.76 bits per heavy atom. The lowest BCUT2D eigenvalue weighted by molar-refractivity contribution is -0.135. The first-order valence-corrected chi connectivity index (χ1v) is 9.32. The van der Waals surface area contributed by atoms with Crippen LogP contribution in [0.15, 0.2) is 30.5 Å². The number of fused-ring (bicyclic) bond motifs is 1. The summed E-state index contributed by atoms with van der Waals surface area (Å²) in [6, 6.07) is 7.58. The molecule has 0 spiro atoms. The highest BCUT2D eigenvalue weighted by atomic mass is 16.2. The van der Waals surface area contributed by atoms with E-state index in [0.29, 0.717) is 12.8 Å². The molecule has 0 saturated carbocycles. The number of carbonyl (C=O) groups is 2. The standard InChI is InChI=1S/C20H27N3O2/c1-2-3-10-19(24)22-18(20(25)23-11-6-7-12-23)13-15-14-21-17-9-5-4-8-16(15)17/h4-5,8-9,14,18,21H,2-3,6-7,10-13H2,1H3,(H,22,24)/t18-/m0/s1. The van der Waals surface area contributed by atoms with Crippen LogP contribution in [0.1, 0.15) is 44.6 Å². The van der Waals surface area contributed by atoms with Crippen molar-refractivity contribution in [2.24, 2.45) is 0 Å². The molecule has 0 bridgehead atoms. The lowest BCUT2D eigenvalue weighted by atomic mass is 10.0. The quantitative estimate of drug-likeness (QED) is 0.813. The second-order valence-corrected chi connectivity index (χ2v) is 6.82. The summed E-state index contributed by atoms with van der Waals surface area (Å²) >= 11 is 0. The predicted molar refractivity (Wildman–Crippen MR) is 99.3 cm³/mol. The Balaban J connectivity index is 1.77. The molecule has 134 valence electrons. The molecule has 2 aromatic rings. The third-order valence-corrected chi connectivity index (χ3v) is 4.91. The van der Waals surface area contributed by atoms with Gasteiger partial charge in [-0.1, -0.05) is 31.5 Å². The van der Waals surface area contributed by atoms with Crippen LogP contribution in [-0.2, 0) is 16.0 Å². The molecule has 1 aliphatic heterocycles. The summed E-state index contributed by atoms with van der Waals surface area (Å²) in [5.74, 6) is 0.0202. The molecule has 5 nitrogen and oxygen atoms in total. The molecular formula is C20H27N3O2. The van der Waals surface area contributed by atoms with E-state index in [1.807, 2.05) is 29.3 Å². The predicted octanol–water partition coefficient (Wildman–Crippen LogP) is 3.01. The summed E-state index contributed by atoms with van der Waals surface area (Å²) in [6.45, 7) is 3.66. The van der Waals surface area contributed by atoms with Gasteiger partial charge in [-0.05, 0) is 30.9 Å². The molecule has 25 heavy (non-hydrogen) atoms. The van der Waals surface area contributed by atoms with Crippen molar-refractivity contribution in [2.75, 3.05) is 13.1 Å². The van der Waals surface area contributed by atoms with Crippen LogP contribution in [0.3, 0.4) is 0 Å². The largest absolute Gasteiger partial charge is 0.361 e. The first-order valence-electron chi connectivity index (χ1n) is 9.32. The van der Waals surface area contributed by atoms with E-state index in [2.05, 4.69) is 23.3 Å². The van der Waals surface area contributed by atoms with Gasteiger partial charge in [0.05, 0.1) is 0 Å². The second kappa shape index (κ2) is 8.19. The van der Waals surface area contributed by atoms with Gasteiger partial charge in [-0.3, -0.25) is 9.59 Å². The maximum absolute atomic E-state index is 12.9. The minimum Gasteiger partial charge on any atom is -0.361 e. The van der Waals surface area contributed by atoms with Crippen LogP contribution in [0.2, 0.25) is 0 Å². The number of benzene rings is 1. The number of H-pyrrole nitrogens is 1. The number of hydrogen-bond donors (Lipinski definition) is 2. The molecule has 1 fully saturated rings. The Morgan fingerprint density at radius 1 is 1.24 bits per heavy atom. The summed E-state index contributed by atoms with van der Waals surface area (Å²) in [5, 5.41) is 4.10. The molecule has 1 aromatic carbocycles. The molecule has 1 aromatic heterocycles. The molecule has 2 heterocycles. The minimum atomic E-state index is -0.485. The number of para-hydroxylation sites is 1. The average Bonchev–Trinajstić information content (AvgIpc) is 3.29. The number of carbonyl (C=O) groups excluding carboxylic acids is 2. The summed E-state index contributed by atoms with van der Waals surface area (Å²) < 4.78 is 0. The maximum Gasteiger partial charge on any atom is 0.245 e. The molecule has 0 aliphatic carbocycles. The van der Waals surface area contributed by atoms with Gasteiger partial charge in [-0.15, -0.1) is 0 Å². The van der Waals surface area contributed by atoms with Crippen molar-refractivity contribution in [3.8, 4) is 0 Å². The van der Waals surface area contributed by atoms with Crippen molar-refractivity contribution in [2.45, 2.75) is 51.5 Å². The average molecular weight is 341 g/mol. The highest BCUT2D eigenvalue weighted by Crippen LogP contribution is 2.20. The molecule has 2 N–H and O–H groups in total. The Labute approximate surface area is 148 Å². The first kappa shape index (κ1) is 17.5. The van der Waals surface area contributed by atoms with Gasteiger partial charge >= 0.3 is 0 Å². The number of hydrogen-bond acceptors (Lipinski definition) is 2. The second-order valence-electron chi connectivity index (χ2n) is 6.82. The van der Waals surface area contributed by atoms with E-state index in [1.54, 1.807) is 0 Å². The minimum absolute atomic E-state index is 0.0285. The molecular weight excluding hydrogens is 314 g/mol. The molecule has 0 unspecified atom stereocenters. The van der Waals surface area contributed by atoms with Crippen LogP contribution in [0.25, 0.3) is 10.9 Å².